The molecule has 1 amide bonds. The van der Waals surface area contributed by atoms with Gasteiger partial charge in [0.05, 0.1) is 52.0 Å². The van der Waals surface area contributed by atoms with Crippen molar-refractivity contribution in [2.75, 3.05) is 46.4 Å². The van der Waals surface area contributed by atoms with Crippen molar-refractivity contribution >= 4 is 5.91 Å². The van der Waals surface area contributed by atoms with Gasteiger partial charge in [-0.3, -0.25) is 4.79 Å². The normalized spacial score (nSPS) is 28.6. The summed E-state index contributed by atoms with van der Waals surface area (Å²) in [4.78, 5) is 18.1. The SMILES string of the molecule is C[NH+](Cc1ccccc1)Cc1cn(C[C@H]2C[C@H]3CC[NH+]2C[C@@H]3C(=O)N2CCOCC2)nn1. The zero-order valence-corrected chi connectivity index (χ0v) is 19.1. The Morgan fingerprint density at radius 3 is 2.78 bits per heavy atom. The molecule has 5 heterocycles. The summed E-state index contributed by atoms with van der Waals surface area (Å²) in [5, 5.41) is 8.87. The van der Waals surface area contributed by atoms with Gasteiger partial charge in [-0.25, -0.2) is 4.68 Å². The average molecular weight is 441 g/mol. The summed E-state index contributed by atoms with van der Waals surface area (Å²) in [7, 11) is 2.20. The van der Waals surface area contributed by atoms with Crippen molar-refractivity contribution in [3.8, 4) is 0 Å². The second kappa shape index (κ2) is 9.68. The Balaban J connectivity index is 1.14. The fraction of sp³-hybridized carbons (Fsp3) is 0.625. The zero-order valence-electron chi connectivity index (χ0n) is 19.1. The van der Waals surface area contributed by atoms with Crippen LogP contribution < -0.4 is 9.80 Å². The number of carbonyl (C=O) groups is 1. The lowest BCUT2D eigenvalue weighted by atomic mass is 9.75. The summed E-state index contributed by atoms with van der Waals surface area (Å²) in [5.74, 6) is 1.06. The van der Waals surface area contributed by atoms with E-state index >= 15 is 0 Å². The van der Waals surface area contributed by atoms with Gasteiger partial charge in [-0.1, -0.05) is 35.5 Å². The molecule has 8 heteroatoms. The summed E-state index contributed by atoms with van der Waals surface area (Å²) in [5.41, 5.74) is 2.39. The molecular formula is C24H36N6O2+2. The van der Waals surface area contributed by atoms with Crippen LogP contribution in [0.25, 0.3) is 0 Å². The third-order valence-electron chi connectivity index (χ3n) is 7.52. The minimum Gasteiger partial charge on any atom is -0.378 e. The second-order valence-electron chi connectivity index (χ2n) is 9.87. The molecule has 2 bridgehead atoms. The quantitative estimate of drug-likeness (QED) is 0.559. The van der Waals surface area contributed by atoms with Crippen LogP contribution in [0.5, 0.6) is 0 Å². The summed E-state index contributed by atoms with van der Waals surface area (Å²) in [6.07, 6.45) is 4.40. The number of hydrogen-bond acceptors (Lipinski definition) is 4. The molecular weight excluding hydrogens is 404 g/mol. The molecule has 1 aromatic carbocycles. The number of hydrogen-bond donors (Lipinski definition) is 2. The third-order valence-corrected chi connectivity index (χ3v) is 7.52. The predicted molar refractivity (Wildman–Crippen MR) is 119 cm³/mol. The smallest absolute Gasteiger partial charge is 0.231 e. The Bertz CT molecular complexity index is 897. The molecule has 0 aliphatic carbocycles. The molecule has 2 unspecified atom stereocenters. The topological polar surface area (TPSA) is 69.1 Å². The Hall–Kier alpha value is -2.29. The fourth-order valence-electron chi connectivity index (χ4n) is 5.87. The molecule has 1 aromatic heterocycles. The lowest BCUT2D eigenvalue weighted by molar-refractivity contribution is -0.945. The highest BCUT2D eigenvalue weighted by Crippen LogP contribution is 2.29. The maximum absolute atomic E-state index is 13.1. The molecule has 8 nitrogen and oxygen atoms in total. The van der Waals surface area contributed by atoms with Gasteiger partial charge in [0, 0.05) is 31.5 Å². The van der Waals surface area contributed by atoms with Gasteiger partial charge in [-0.15, -0.1) is 5.10 Å². The number of rotatable bonds is 7. The minimum absolute atomic E-state index is 0.189. The Labute approximate surface area is 190 Å². The maximum Gasteiger partial charge on any atom is 0.231 e. The Morgan fingerprint density at radius 2 is 2.03 bits per heavy atom. The lowest BCUT2D eigenvalue weighted by Crippen LogP contribution is -3.20. The van der Waals surface area contributed by atoms with E-state index in [0.717, 1.165) is 51.4 Å². The minimum atomic E-state index is 0.189. The van der Waals surface area contributed by atoms with Crippen molar-refractivity contribution in [3.63, 3.8) is 0 Å². The number of carbonyl (C=O) groups excluding carboxylic acids is 1. The van der Waals surface area contributed by atoms with Crippen molar-refractivity contribution in [3.05, 3.63) is 47.8 Å². The van der Waals surface area contributed by atoms with E-state index in [-0.39, 0.29) is 5.92 Å². The number of nitrogens with one attached hydrogen (secondary N) is 2. The van der Waals surface area contributed by atoms with E-state index in [1.165, 1.54) is 23.4 Å². The van der Waals surface area contributed by atoms with Crippen LogP contribution in [-0.4, -0.2) is 78.3 Å². The van der Waals surface area contributed by atoms with Crippen molar-refractivity contribution in [2.45, 2.75) is 38.5 Å². The Kier molecular flexibility index (Phi) is 6.52. The standard InChI is InChI=1S/C24H34N6O2/c1-27(14-19-5-3-2-4-6-19)15-21-16-30(26-25-21)17-22-13-20-7-8-29(22)18-23(20)24(31)28-9-11-32-12-10-28/h2-6,16,20,22-23H,7-15,17-18H2,1H3/p+2/t20-,22-,23+/m1/s1. The molecule has 172 valence electrons. The van der Waals surface area contributed by atoms with Crippen LogP contribution in [0.1, 0.15) is 24.1 Å². The van der Waals surface area contributed by atoms with E-state index in [1.807, 2.05) is 9.58 Å². The first-order valence-corrected chi connectivity index (χ1v) is 12.1. The molecule has 4 saturated heterocycles. The van der Waals surface area contributed by atoms with Gasteiger partial charge in [0.15, 0.2) is 0 Å². The molecule has 0 spiro atoms. The molecule has 32 heavy (non-hydrogen) atoms. The van der Waals surface area contributed by atoms with Gasteiger partial charge in [0.1, 0.15) is 24.8 Å². The van der Waals surface area contributed by atoms with E-state index in [1.54, 1.807) is 4.90 Å². The number of fused-ring (bicyclic) bond motifs is 3. The summed E-state index contributed by atoms with van der Waals surface area (Å²) < 4.78 is 7.45. The average Bonchev–Trinajstić information content (AvgIpc) is 3.26. The zero-order chi connectivity index (χ0) is 21.9. The van der Waals surface area contributed by atoms with Crippen molar-refractivity contribution in [2.24, 2.45) is 11.8 Å². The number of quaternary nitrogens is 2. The van der Waals surface area contributed by atoms with Gasteiger partial charge in [-0.05, 0) is 5.92 Å². The van der Waals surface area contributed by atoms with Gasteiger partial charge >= 0.3 is 0 Å². The number of benzene rings is 1. The van der Waals surface area contributed by atoms with E-state index in [0.29, 0.717) is 31.1 Å². The lowest BCUT2D eigenvalue weighted by Gasteiger charge is -2.47. The molecule has 2 N–H and O–H groups in total. The molecule has 5 atom stereocenters. The molecule has 4 fully saturated rings. The molecule has 0 radical (unpaired) electrons. The summed E-state index contributed by atoms with van der Waals surface area (Å²) in [6, 6.07) is 11.1. The number of amides is 1. The molecule has 2 aromatic rings. The van der Waals surface area contributed by atoms with Gasteiger partial charge in [0.25, 0.3) is 0 Å². The van der Waals surface area contributed by atoms with E-state index in [2.05, 4.69) is 53.9 Å². The van der Waals surface area contributed by atoms with Crippen LogP contribution in [0.2, 0.25) is 0 Å². The van der Waals surface area contributed by atoms with Crippen LogP contribution in [0.3, 0.4) is 0 Å². The second-order valence-corrected chi connectivity index (χ2v) is 9.87. The van der Waals surface area contributed by atoms with Crippen LogP contribution in [0.4, 0.5) is 0 Å². The van der Waals surface area contributed by atoms with Gasteiger partial charge in [-0.2, -0.15) is 0 Å². The van der Waals surface area contributed by atoms with Crippen LogP contribution in [0.15, 0.2) is 36.5 Å². The first-order chi connectivity index (χ1) is 15.7. The maximum atomic E-state index is 13.1. The highest BCUT2D eigenvalue weighted by molar-refractivity contribution is 5.79. The number of piperidine rings is 3. The third kappa shape index (κ3) is 4.87. The van der Waals surface area contributed by atoms with Gasteiger partial charge in [0.2, 0.25) is 5.91 Å². The van der Waals surface area contributed by atoms with E-state index in [9.17, 15) is 4.79 Å². The number of nitrogens with zero attached hydrogens (tertiary/aromatic N) is 4. The number of morpholine rings is 1. The Morgan fingerprint density at radius 1 is 1.22 bits per heavy atom. The summed E-state index contributed by atoms with van der Waals surface area (Å²) in [6.45, 7) is 7.76. The van der Waals surface area contributed by atoms with Crippen molar-refractivity contribution < 1.29 is 19.3 Å². The number of aromatic nitrogens is 3. The summed E-state index contributed by atoms with van der Waals surface area (Å²) >= 11 is 0. The van der Waals surface area contributed by atoms with Crippen LogP contribution >= 0.6 is 0 Å². The molecule has 4 aliphatic rings. The van der Waals surface area contributed by atoms with Crippen molar-refractivity contribution in [1.29, 1.82) is 0 Å². The molecule has 6 rings (SSSR count). The van der Waals surface area contributed by atoms with Gasteiger partial charge < -0.3 is 19.4 Å². The largest absolute Gasteiger partial charge is 0.378 e. The van der Waals surface area contributed by atoms with Crippen LogP contribution in [0, 0.1) is 11.8 Å². The van der Waals surface area contributed by atoms with Crippen molar-refractivity contribution in [1.82, 2.24) is 19.9 Å². The first-order valence-electron chi connectivity index (χ1n) is 12.1. The molecule has 0 saturated carbocycles. The first kappa shape index (κ1) is 21.6. The predicted octanol–water partition coefficient (Wildman–Crippen LogP) is -1.35. The fourth-order valence-corrected chi connectivity index (χ4v) is 5.87. The number of ether oxygens (including phenoxy) is 1. The highest BCUT2D eigenvalue weighted by atomic mass is 16.5. The van der Waals surface area contributed by atoms with E-state index in [4.69, 9.17) is 4.74 Å². The monoisotopic (exact) mass is 440 g/mol. The highest BCUT2D eigenvalue weighted by Gasteiger charge is 2.47. The molecule has 4 aliphatic heterocycles. The van der Waals surface area contributed by atoms with Crippen LogP contribution in [-0.2, 0) is 29.2 Å². The van der Waals surface area contributed by atoms with E-state index < -0.39 is 0 Å².